The summed E-state index contributed by atoms with van der Waals surface area (Å²) in [6.45, 7) is 5.11. The van der Waals surface area contributed by atoms with Crippen LogP contribution in [-0.2, 0) is 10.2 Å². The number of hydrogen-bond donors (Lipinski definition) is 2. The van der Waals surface area contributed by atoms with Gasteiger partial charge >= 0.3 is 0 Å². The summed E-state index contributed by atoms with van der Waals surface area (Å²) in [4.78, 5) is 18.6. The van der Waals surface area contributed by atoms with Crippen LogP contribution in [0.15, 0.2) is 18.2 Å². The van der Waals surface area contributed by atoms with Crippen molar-refractivity contribution >= 4 is 16.1 Å². The Morgan fingerprint density at radius 2 is 2.25 bits per heavy atom. The van der Waals surface area contributed by atoms with Crippen molar-refractivity contribution in [3.8, 4) is 5.88 Å². The van der Waals surface area contributed by atoms with E-state index < -0.39 is 10.2 Å². The molecule has 1 aliphatic rings. The molecule has 0 saturated carbocycles. The Kier molecular flexibility index (Phi) is 6.14. The Labute approximate surface area is 142 Å². The minimum absolute atomic E-state index is 0.0218. The van der Waals surface area contributed by atoms with Crippen molar-refractivity contribution in [2.24, 2.45) is 11.1 Å². The van der Waals surface area contributed by atoms with Crippen molar-refractivity contribution < 1.29 is 17.9 Å². The highest BCUT2D eigenvalue weighted by Gasteiger charge is 2.26. The van der Waals surface area contributed by atoms with Crippen LogP contribution < -0.4 is 14.6 Å². The van der Waals surface area contributed by atoms with E-state index in [1.807, 2.05) is 13.8 Å². The average Bonchev–Trinajstić information content (AvgIpc) is 2.51. The standard InChI is InChI=1S/C15H24N4O4S/c1-11(2)23-14-7-3-6-13(18-14)15(20)19-8-4-5-12(10-19)9-17-24(16,21)22/h3,6-7,11-12,17H,4-5,8-10H2,1-2H3,(H2,16,21,22). The Hall–Kier alpha value is -1.71. The fraction of sp³-hybridized carbons (Fsp3) is 0.600. The predicted octanol–water partition coefficient (Wildman–Crippen LogP) is 0.514. The SMILES string of the molecule is CC(C)Oc1cccc(C(=O)N2CCCC(CNS(N)(=O)=O)C2)n1. The lowest BCUT2D eigenvalue weighted by atomic mass is 9.98. The summed E-state index contributed by atoms with van der Waals surface area (Å²) in [6, 6.07) is 5.11. The maximum Gasteiger partial charge on any atom is 0.274 e. The number of hydrogen-bond acceptors (Lipinski definition) is 5. The second-order valence-electron chi connectivity index (χ2n) is 6.18. The largest absolute Gasteiger partial charge is 0.475 e. The predicted molar refractivity (Wildman–Crippen MR) is 89.7 cm³/mol. The molecule has 0 spiro atoms. The Balaban J connectivity index is 2.01. The lowest BCUT2D eigenvalue weighted by Gasteiger charge is -2.32. The number of nitrogens with two attached hydrogens (primary N) is 1. The van der Waals surface area contributed by atoms with E-state index in [0.29, 0.717) is 24.7 Å². The van der Waals surface area contributed by atoms with E-state index in [0.717, 1.165) is 12.8 Å². The molecule has 8 nitrogen and oxygen atoms in total. The van der Waals surface area contributed by atoms with Crippen LogP contribution in [0.1, 0.15) is 37.2 Å². The number of likely N-dealkylation sites (tertiary alicyclic amines) is 1. The van der Waals surface area contributed by atoms with Gasteiger partial charge in [-0.2, -0.15) is 8.42 Å². The van der Waals surface area contributed by atoms with Crippen LogP contribution in [0.25, 0.3) is 0 Å². The third-order valence-electron chi connectivity index (χ3n) is 3.68. The number of nitrogens with one attached hydrogen (secondary N) is 1. The lowest BCUT2D eigenvalue weighted by molar-refractivity contribution is 0.0668. The summed E-state index contributed by atoms with van der Waals surface area (Å²) in [5.74, 6) is 0.279. The number of aromatic nitrogens is 1. The zero-order valence-electron chi connectivity index (χ0n) is 13.9. The molecule has 2 rings (SSSR count). The molecule has 24 heavy (non-hydrogen) atoms. The second-order valence-corrected chi connectivity index (χ2v) is 7.56. The molecule has 134 valence electrons. The zero-order chi connectivity index (χ0) is 17.7. The van der Waals surface area contributed by atoms with Crippen molar-refractivity contribution in [3.63, 3.8) is 0 Å². The van der Waals surface area contributed by atoms with Crippen molar-refractivity contribution in [1.29, 1.82) is 0 Å². The van der Waals surface area contributed by atoms with Gasteiger partial charge in [-0.1, -0.05) is 6.07 Å². The highest BCUT2D eigenvalue weighted by molar-refractivity contribution is 7.87. The third-order valence-corrected chi connectivity index (χ3v) is 4.25. The third kappa shape index (κ3) is 5.73. The number of ether oxygens (including phenoxy) is 1. The molecular formula is C15H24N4O4S. The van der Waals surface area contributed by atoms with E-state index in [-0.39, 0.29) is 24.5 Å². The molecule has 1 aliphatic heterocycles. The molecule has 3 N–H and O–H groups in total. The summed E-state index contributed by atoms with van der Waals surface area (Å²) in [6.07, 6.45) is 1.63. The molecule has 1 aromatic heterocycles. The Morgan fingerprint density at radius 3 is 2.92 bits per heavy atom. The minimum Gasteiger partial charge on any atom is -0.475 e. The normalized spacial score (nSPS) is 18.7. The van der Waals surface area contributed by atoms with Gasteiger partial charge in [0.05, 0.1) is 6.10 Å². The van der Waals surface area contributed by atoms with Gasteiger partial charge in [-0.15, -0.1) is 0 Å². The lowest BCUT2D eigenvalue weighted by Crippen LogP contribution is -2.44. The second kappa shape index (κ2) is 7.91. The van der Waals surface area contributed by atoms with Crippen LogP contribution in [0.3, 0.4) is 0 Å². The Bertz CT molecular complexity index is 678. The monoisotopic (exact) mass is 356 g/mol. The highest BCUT2D eigenvalue weighted by atomic mass is 32.2. The highest BCUT2D eigenvalue weighted by Crippen LogP contribution is 2.19. The first-order chi connectivity index (χ1) is 11.2. The molecule has 0 aromatic carbocycles. The number of nitrogens with zero attached hydrogens (tertiary/aromatic N) is 2. The van der Waals surface area contributed by atoms with E-state index in [2.05, 4.69) is 9.71 Å². The van der Waals surface area contributed by atoms with Gasteiger partial charge in [-0.25, -0.2) is 14.8 Å². The molecule has 0 aliphatic carbocycles. The number of carbonyl (C=O) groups is 1. The maximum absolute atomic E-state index is 12.6. The molecule has 1 atom stereocenters. The number of rotatable bonds is 6. The number of piperidine rings is 1. The molecule has 1 aromatic rings. The van der Waals surface area contributed by atoms with Crippen LogP contribution in [0.4, 0.5) is 0 Å². The first kappa shape index (κ1) is 18.6. The van der Waals surface area contributed by atoms with E-state index in [1.165, 1.54) is 0 Å². The van der Waals surface area contributed by atoms with E-state index in [9.17, 15) is 13.2 Å². The van der Waals surface area contributed by atoms with Crippen molar-refractivity contribution in [2.75, 3.05) is 19.6 Å². The fourth-order valence-electron chi connectivity index (χ4n) is 2.65. The molecule has 0 bridgehead atoms. The van der Waals surface area contributed by atoms with Crippen molar-refractivity contribution in [3.05, 3.63) is 23.9 Å². The molecule has 9 heteroatoms. The number of pyridine rings is 1. The van der Waals surface area contributed by atoms with E-state index in [4.69, 9.17) is 9.88 Å². The first-order valence-corrected chi connectivity index (χ1v) is 9.49. The van der Waals surface area contributed by atoms with Crippen LogP contribution in [0.5, 0.6) is 5.88 Å². The molecule has 1 fully saturated rings. The summed E-state index contributed by atoms with van der Waals surface area (Å²) < 4.78 is 29.8. The quantitative estimate of drug-likeness (QED) is 0.771. The van der Waals surface area contributed by atoms with Gasteiger partial charge < -0.3 is 9.64 Å². The van der Waals surface area contributed by atoms with Crippen LogP contribution >= 0.6 is 0 Å². The average molecular weight is 356 g/mol. The minimum atomic E-state index is -3.71. The molecule has 1 amide bonds. The van der Waals surface area contributed by atoms with Gasteiger partial charge in [0, 0.05) is 25.7 Å². The summed E-state index contributed by atoms with van der Waals surface area (Å²) >= 11 is 0. The van der Waals surface area contributed by atoms with E-state index >= 15 is 0 Å². The number of carbonyl (C=O) groups excluding carboxylic acids is 1. The zero-order valence-corrected chi connectivity index (χ0v) is 14.8. The van der Waals surface area contributed by atoms with Crippen LogP contribution in [0.2, 0.25) is 0 Å². The molecular weight excluding hydrogens is 332 g/mol. The summed E-state index contributed by atoms with van der Waals surface area (Å²) in [5.41, 5.74) is 0.327. The van der Waals surface area contributed by atoms with Gasteiger partial charge in [0.15, 0.2) is 0 Å². The van der Waals surface area contributed by atoms with Gasteiger partial charge in [-0.3, -0.25) is 4.79 Å². The molecule has 1 saturated heterocycles. The molecule has 2 heterocycles. The van der Waals surface area contributed by atoms with Crippen LogP contribution in [0, 0.1) is 5.92 Å². The topological polar surface area (TPSA) is 115 Å². The fourth-order valence-corrected chi connectivity index (χ4v) is 3.12. The van der Waals surface area contributed by atoms with Gasteiger partial charge in [0.2, 0.25) is 5.88 Å². The number of amides is 1. The van der Waals surface area contributed by atoms with Crippen LogP contribution in [-0.4, -0.2) is 49.9 Å². The van der Waals surface area contributed by atoms with Crippen molar-refractivity contribution in [2.45, 2.75) is 32.8 Å². The van der Waals surface area contributed by atoms with Gasteiger partial charge in [-0.05, 0) is 38.7 Å². The summed E-state index contributed by atoms with van der Waals surface area (Å²) in [5, 5.41) is 4.95. The van der Waals surface area contributed by atoms with E-state index in [1.54, 1.807) is 23.1 Å². The van der Waals surface area contributed by atoms with Gasteiger partial charge in [0.1, 0.15) is 5.69 Å². The molecule has 1 unspecified atom stereocenters. The summed E-state index contributed by atoms with van der Waals surface area (Å²) in [7, 11) is -3.71. The molecule has 0 radical (unpaired) electrons. The maximum atomic E-state index is 12.6. The first-order valence-electron chi connectivity index (χ1n) is 7.95. The van der Waals surface area contributed by atoms with Gasteiger partial charge in [0.25, 0.3) is 16.1 Å². The Morgan fingerprint density at radius 1 is 1.50 bits per heavy atom. The van der Waals surface area contributed by atoms with Crippen molar-refractivity contribution in [1.82, 2.24) is 14.6 Å². The smallest absolute Gasteiger partial charge is 0.274 e.